The third-order valence-corrected chi connectivity index (χ3v) is 3.53. The Hall–Kier alpha value is -1.61. The van der Waals surface area contributed by atoms with E-state index >= 15 is 0 Å². The van der Waals surface area contributed by atoms with Gasteiger partial charge in [0.2, 0.25) is 0 Å². The number of benzene rings is 1. The van der Waals surface area contributed by atoms with Crippen molar-refractivity contribution in [3.63, 3.8) is 0 Å². The van der Waals surface area contributed by atoms with Crippen LogP contribution in [0.25, 0.3) is 5.69 Å². The third-order valence-electron chi connectivity index (χ3n) is 3.53. The maximum Gasteiger partial charge on any atom is 0.0649 e. The molecule has 3 heteroatoms. The highest BCUT2D eigenvalue weighted by molar-refractivity contribution is 5.38. The van der Waals surface area contributed by atoms with Gasteiger partial charge < -0.3 is 5.73 Å². The summed E-state index contributed by atoms with van der Waals surface area (Å²) in [6.07, 6.45) is 1.94. The van der Waals surface area contributed by atoms with E-state index in [2.05, 4.69) is 50.1 Å². The second kappa shape index (κ2) is 5.57. The SMILES string of the molecule is CCc1c(C)nn(-c2ccc(CC(C)N)cc2)c1C. The minimum absolute atomic E-state index is 0.200. The van der Waals surface area contributed by atoms with Gasteiger partial charge in [0.05, 0.1) is 11.4 Å². The molecule has 0 aliphatic rings. The lowest BCUT2D eigenvalue weighted by atomic mass is 10.1. The van der Waals surface area contributed by atoms with Crippen molar-refractivity contribution in [1.82, 2.24) is 9.78 Å². The Morgan fingerprint density at radius 1 is 1.21 bits per heavy atom. The van der Waals surface area contributed by atoms with Crippen LogP contribution in [0.15, 0.2) is 24.3 Å². The van der Waals surface area contributed by atoms with Crippen LogP contribution in [0.1, 0.15) is 36.4 Å². The first-order valence-corrected chi connectivity index (χ1v) is 6.93. The van der Waals surface area contributed by atoms with E-state index in [-0.39, 0.29) is 6.04 Å². The van der Waals surface area contributed by atoms with Crippen molar-refractivity contribution in [3.8, 4) is 5.69 Å². The topological polar surface area (TPSA) is 43.8 Å². The van der Waals surface area contributed by atoms with Crippen molar-refractivity contribution in [3.05, 3.63) is 46.8 Å². The smallest absolute Gasteiger partial charge is 0.0649 e. The summed E-state index contributed by atoms with van der Waals surface area (Å²) in [7, 11) is 0. The van der Waals surface area contributed by atoms with Crippen LogP contribution in [-0.2, 0) is 12.8 Å². The fourth-order valence-corrected chi connectivity index (χ4v) is 2.58. The lowest BCUT2D eigenvalue weighted by molar-refractivity contribution is 0.737. The second-order valence-corrected chi connectivity index (χ2v) is 5.26. The monoisotopic (exact) mass is 257 g/mol. The summed E-state index contributed by atoms with van der Waals surface area (Å²) in [6, 6.07) is 8.72. The van der Waals surface area contributed by atoms with Crippen LogP contribution in [0.2, 0.25) is 0 Å². The molecule has 2 aromatic rings. The summed E-state index contributed by atoms with van der Waals surface area (Å²) < 4.78 is 2.03. The van der Waals surface area contributed by atoms with E-state index < -0.39 is 0 Å². The fourth-order valence-electron chi connectivity index (χ4n) is 2.58. The van der Waals surface area contributed by atoms with E-state index in [1.807, 2.05) is 11.6 Å². The van der Waals surface area contributed by atoms with Crippen molar-refractivity contribution in [2.24, 2.45) is 5.73 Å². The Morgan fingerprint density at radius 2 is 1.84 bits per heavy atom. The van der Waals surface area contributed by atoms with Crippen molar-refractivity contribution < 1.29 is 0 Å². The highest BCUT2D eigenvalue weighted by Gasteiger charge is 2.10. The quantitative estimate of drug-likeness (QED) is 0.915. The van der Waals surface area contributed by atoms with Gasteiger partial charge in [0.25, 0.3) is 0 Å². The molecule has 0 saturated carbocycles. The predicted molar refractivity (Wildman–Crippen MR) is 79.8 cm³/mol. The van der Waals surface area contributed by atoms with Crippen LogP contribution in [0.3, 0.4) is 0 Å². The van der Waals surface area contributed by atoms with Gasteiger partial charge in [-0.25, -0.2) is 4.68 Å². The van der Waals surface area contributed by atoms with E-state index in [4.69, 9.17) is 5.73 Å². The van der Waals surface area contributed by atoms with Gasteiger partial charge in [-0.1, -0.05) is 19.1 Å². The van der Waals surface area contributed by atoms with Gasteiger partial charge >= 0.3 is 0 Å². The molecule has 2 N–H and O–H groups in total. The fraction of sp³-hybridized carbons (Fsp3) is 0.438. The first kappa shape index (κ1) is 13.8. The Kier molecular flexibility index (Phi) is 4.05. The average Bonchev–Trinajstić information content (AvgIpc) is 2.64. The lowest BCUT2D eigenvalue weighted by Crippen LogP contribution is -2.17. The van der Waals surface area contributed by atoms with Crippen LogP contribution in [0.5, 0.6) is 0 Å². The van der Waals surface area contributed by atoms with Crippen LogP contribution in [0.4, 0.5) is 0 Å². The molecule has 1 aromatic carbocycles. The summed E-state index contributed by atoms with van der Waals surface area (Å²) in [5.74, 6) is 0. The lowest BCUT2D eigenvalue weighted by Gasteiger charge is -2.08. The van der Waals surface area contributed by atoms with Crippen LogP contribution in [-0.4, -0.2) is 15.8 Å². The maximum absolute atomic E-state index is 5.82. The zero-order chi connectivity index (χ0) is 14.0. The highest BCUT2D eigenvalue weighted by Crippen LogP contribution is 2.19. The number of aryl methyl sites for hydroxylation is 1. The molecule has 2 rings (SSSR count). The number of nitrogens with two attached hydrogens (primary N) is 1. The Balaban J connectivity index is 2.32. The minimum Gasteiger partial charge on any atom is -0.328 e. The summed E-state index contributed by atoms with van der Waals surface area (Å²) in [4.78, 5) is 0. The molecular formula is C16H23N3. The van der Waals surface area contributed by atoms with E-state index in [1.165, 1.54) is 16.8 Å². The van der Waals surface area contributed by atoms with Gasteiger partial charge in [0, 0.05) is 11.7 Å². The first-order valence-electron chi connectivity index (χ1n) is 6.93. The van der Waals surface area contributed by atoms with Gasteiger partial charge in [0.15, 0.2) is 0 Å². The first-order chi connectivity index (χ1) is 9.02. The van der Waals surface area contributed by atoms with Gasteiger partial charge in [0.1, 0.15) is 0 Å². The van der Waals surface area contributed by atoms with Gasteiger partial charge in [-0.3, -0.25) is 0 Å². The number of nitrogens with zero attached hydrogens (tertiary/aromatic N) is 2. The van der Waals surface area contributed by atoms with Gasteiger partial charge in [-0.15, -0.1) is 0 Å². The maximum atomic E-state index is 5.82. The molecule has 0 saturated heterocycles. The molecule has 1 heterocycles. The summed E-state index contributed by atoms with van der Waals surface area (Å²) in [5.41, 5.74) is 11.9. The molecule has 1 unspecified atom stereocenters. The largest absolute Gasteiger partial charge is 0.328 e. The van der Waals surface area contributed by atoms with Crippen LogP contribution < -0.4 is 5.73 Å². The Morgan fingerprint density at radius 3 is 2.32 bits per heavy atom. The molecule has 0 aliphatic carbocycles. The summed E-state index contributed by atoms with van der Waals surface area (Å²) in [6.45, 7) is 8.41. The average molecular weight is 257 g/mol. The van der Waals surface area contributed by atoms with E-state index in [1.54, 1.807) is 0 Å². The normalized spacial score (nSPS) is 12.7. The molecule has 0 spiro atoms. The summed E-state index contributed by atoms with van der Waals surface area (Å²) in [5, 5.41) is 4.63. The van der Waals surface area contributed by atoms with E-state index in [9.17, 15) is 0 Å². The van der Waals surface area contributed by atoms with Crippen LogP contribution >= 0.6 is 0 Å². The number of hydrogen-bond donors (Lipinski definition) is 1. The zero-order valence-electron chi connectivity index (χ0n) is 12.3. The van der Waals surface area contributed by atoms with Crippen molar-refractivity contribution in [1.29, 1.82) is 0 Å². The molecule has 1 atom stereocenters. The minimum atomic E-state index is 0.200. The molecular weight excluding hydrogens is 234 g/mol. The molecule has 0 amide bonds. The van der Waals surface area contributed by atoms with Gasteiger partial charge in [-0.05, 0) is 56.9 Å². The molecule has 3 nitrogen and oxygen atoms in total. The predicted octanol–water partition coefficient (Wildman–Crippen LogP) is 2.94. The zero-order valence-corrected chi connectivity index (χ0v) is 12.3. The number of hydrogen-bond acceptors (Lipinski definition) is 2. The molecule has 0 aliphatic heterocycles. The van der Waals surface area contributed by atoms with Crippen molar-refractivity contribution in [2.45, 2.75) is 46.6 Å². The molecule has 1 aromatic heterocycles. The Bertz CT molecular complexity index is 550. The molecule has 0 bridgehead atoms. The molecule has 0 fully saturated rings. The van der Waals surface area contributed by atoms with Crippen molar-refractivity contribution >= 4 is 0 Å². The van der Waals surface area contributed by atoms with Gasteiger partial charge in [-0.2, -0.15) is 5.10 Å². The highest BCUT2D eigenvalue weighted by atomic mass is 15.3. The second-order valence-electron chi connectivity index (χ2n) is 5.26. The van der Waals surface area contributed by atoms with Crippen molar-refractivity contribution in [2.75, 3.05) is 0 Å². The number of aromatic nitrogens is 2. The molecule has 0 radical (unpaired) electrons. The molecule has 102 valence electrons. The Labute approximate surface area is 115 Å². The standard InChI is InChI=1S/C16H23N3/c1-5-16-12(3)18-19(13(16)4)15-8-6-14(7-9-15)10-11(2)17/h6-9,11H,5,10,17H2,1-4H3. The summed E-state index contributed by atoms with van der Waals surface area (Å²) >= 11 is 0. The van der Waals surface area contributed by atoms with E-state index in [0.717, 1.165) is 24.2 Å². The molecule has 19 heavy (non-hydrogen) atoms. The van der Waals surface area contributed by atoms with E-state index in [0.29, 0.717) is 0 Å². The number of rotatable bonds is 4. The van der Waals surface area contributed by atoms with Crippen LogP contribution in [0, 0.1) is 13.8 Å². The third kappa shape index (κ3) is 2.87.